The first-order valence-electron chi connectivity index (χ1n) is 6.86. The summed E-state index contributed by atoms with van der Waals surface area (Å²) in [4.78, 5) is 27.9. The lowest BCUT2D eigenvalue weighted by atomic mass is 9.96. The van der Waals surface area contributed by atoms with E-state index in [4.69, 9.17) is 0 Å². The van der Waals surface area contributed by atoms with Gasteiger partial charge in [-0.25, -0.2) is 9.78 Å². The van der Waals surface area contributed by atoms with Gasteiger partial charge in [-0.05, 0) is 13.3 Å². The Labute approximate surface area is 132 Å². The first kappa shape index (κ1) is 16.2. The lowest BCUT2D eigenvalue weighted by Crippen LogP contribution is -2.52. The number of carbonyl (C=O) groups excluding carboxylic acids is 1. The van der Waals surface area contributed by atoms with Gasteiger partial charge in [-0.3, -0.25) is 9.48 Å². The van der Waals surface area contributed by atoms with Gasteiger partial charge in [0.1, 0.15) is 16.2 Å². The van der Waals surface area contributed by atoms with Crippen LogP contribution in [0.15, 0.2) is 17.8 Å². The molecule has 0 saturated carbocycles. The largest absolute Gasteiger partial charge is 0.480 e. The Balaban J connectivity index is 2.16. The van der Waals surface area contributed by atoms with Gasteiger partial charge in [0, 0.05) is 24.2 Å². The number of aromatic nitrogens is 3. The molecule has 0 aliphatic rings. The molecule has 0 unspecified atom stereocenters. The number of aliphatic carboxylic acids is 1. The SMILES string of the molecule is CCC[C@](C)(NC(=O)c1csc(-c2cnn(C)c2)n1)C(=O)O. The zero-order valence-electron chi connectivity index (χ0n) is 12.7. The molecule has 1 amide bonds. The monoisotopic (exact) mass is 322 g/mol. The highest BCUT2D eigenvalue weighted by Gasteiger charge is 2.34. The van der Waals surface area contributed by atoms with Gasteiger partial charge >= 0.3 is 5.97 Å². The number of nitrogens with one attached hydrogen (secondary N) is 1. The molecule has 0 radical (unpaired) electrons. The third-order valence-electron chi connectivity index (χ3n) is 3.30. The first-order valence-corrected chi connectivity index (χ1v) is 7.74. The van der Waals surface area contributed by atoms with E-state index in [0.29, 0.717) is 17.8 Å². The van der Waals surface area contributed by atoms with Crippen LogP contribution in [0.2, 0.25) is 0 Å². The molecule has 0 aliphatic heterocycles. The smallest absolute Gasteiger partial charge is 0.329 e. The maximum Gasteiger partial charge on any atom is 0.329 e. The van der Waals surface area contributed by atoms with Gasteiger partial charge < -0.3 is 10.4 Å². The zero-order chi connectivity index (χ0) is 16.3. The summed E-state index contributed by atoms with van der Waals surface area (Å²) in [7, 11) is 1.80. The average Bonchev–Trinajstić information content (AvgIpc) is 3.07. The van der Waals surface area contributed by atoms with Gasteiger partial charge in [0.25, 0.3) is 5.91 Å². The van der Waals surface area contributed by atoms with Gasteiger partial charge in [0.15, 0.2) is 0 Å². The number of carbonyl (C=O) groups is 2. The fourth-order valence-electron chi connectivity index (χ4n) is 2.08. The summed E-state index contributed by atoms with van der Waals surface area (Å²) in [6, 6.07) is 0. The van der Waals surface area contributed by atoms with Crippen LogP contribution in [-0.4, -0.2) is 37.3 Å². The summed E-state index contributed by atoms with van der Waals surface area (Å²) in [5.74, 6) is -1.53. The molecule has 0 spiro atoms. The molecule has 0 fully saturated rings. The van der Waals surface area contributed by atoms with Crippen molar-refractivity contribution >= 4 is 23.2 Å². The van der Waals surface area contributed by atoms with E-state index in [0.717, 1.165) is 5.56 Å². The molecule has 0 aliphatic carbocycles. The van der Waals surface area contributed by atoms with Gasteiger partial charge in [-0.1, -0.05) is 13.3 Å². The van der Waals surface area contributed by atoms with Crippen LogP contribution in [0.4, 0.5) is 0 Å². The lowest BCUT2D eigenvalue weighted by molar-refractivity contribution is -0.144. The van der Waals surface area contributed by atoms with E-state index >= 15 is 0 Å². The molecule has 2 rings (SSSR count). The molecular formula is C14H18N4O3S. The Morgan fingerprint density at radius 1 is 1.50 bits per heavy atom. The predicted octanol–water partition coefficient (Wildman–Crippen LogP) is 1.92. The number of hydrogen-bond acceptors (Lipinski definition) is 5. The predicted molar refractivity (Wildman–Crippen MR) is 82.7 cm³/mol. The van der Waals surface area contributed by atoms with E-state index < -0.39 is 17.4 Å². The molecule has 118 valence electrons. The molecule has 2 aromatic heterocycles. The number of nitrogens with zero attached hydrogens (tertiary/aromatic N) is 3. The van der Waals surface area contributed by atoms with E-state index in [9.17, 15) is 14.7 Å². The van der Waals surface area contributed by atoms with E-state index in [-0.39, 0.29) is 5.69 Å². The Morgan fingerprint density at radius 2 is 2.23 bits per heavy atom. The highest BCUT2D eigenvalue weighted by Crippen LogP contribution is 2.23. The molecule has 2 heterocycles. The highest BCUT2D eigenvalue weighted by molar-refractivity contribution is 7.13. The second-order valence-electron chi connectivity index (χ2n) is 5.28. The van der Waals surface area contributed by atoms with Crippen molar-refractivity contribution in [3.05, 3.63) is 23.5 Å². The van der Waals surface area contributed by atoms with Crippen LogP contribution in [0, 0.1) is 0 Å². The van der Waals surface area contributed by atoms with Crippen LogP contribution in [0.25, 0.3) is 10.6 Å². The number of carboxylic acid groups (broad SMARTS) is 1. The minimum atomic E-state index is -1.29. The third kappa shape index (κ3) is 3.33. The summed E-state index contributed by atoms with van der Waals surface area (Å²) >= 11 is 1.32. The van der Waals surface area contributed by atoms with E-state index in [2.05, 4.69) is 15.4 Å². The highest BCUT2D eigenvalue weighted by atomic mass is 32.1. The zero-order valence-corrected chi connectivity index (χ0v) is 13.5. The number of carboxylic acids is 1. The summed E-state index contributed by atoms with van der Waals surface area (Å²) in [5, 5.41) is 18.2. The fraction of sp³-hybridized carbons (Fsp3) is 0.429. The molecule has 7 nitrogen and oxygen atoms in total. The number of amides is 1. The van der Waals surface area contributed by atoms with E-state index in [1.54, 1.807) is 29.5 Å². The fourth-order valence-corrected chi connectivity index (χ4v) is 2.86. The summed E-state index contributed by atoms with van der Waals surface area (Å²) < 4.78 is 1.65. The normalized spacial score (nSPS) is 13.6. The molecule has 2 N–H and O–H groups in total. The van der Waals surface area contributed by atoms with E-state index in [1.165, 1.54) is 18.3 Å². The number of hydrogen-bond donors (Lipinski definition) is 2. The van der Waals surface area contributed by atoms with Crippen molar-refractivity contribution in [3.63, 3.8) is 0 Å². The molecule has 0 aromatic carbocycles. The van der Waals surface area contributed by atoms with Crippen LogP contribution < -0.4 is 5.32 Å². The topological polar surface area (TPSA) is 97.1 Å². The standard InChI is InChI=1S/C14H18N4O3S/c1-4-5-14(2,13(20)21)17-11(19)10-8-22-12(16-10)9-6-15-18(3)7-9/h6-8H,4-5H2,1-3H3,(H,17,19)(H,20,21)/t14-/m0/s1. The summed E-state index contributed by atoms with van der Waals surface area (Å²) in [6.45, 7) is 3.38. The van der Waals surface area contributed by atoms with Crippen molar-refractivity contribution in [2.24, 2.45) is 7.05 Å². The van der Waals surface area contributed by atoms with Crippen molar-refractivity contribution in [1.29, 1.82) is 0 Å². The maximum atomic E-state index is 12.2. The van der Waals surface area contributed by atoms with Crippen LogP contribution in [-0.2, 0) is 11.8 Å². The van der Waals surface area contributed by atoms with Crippen LogP contribution in [0.1, 0.15) is 37.2 Å². The number of rotatable bonds is 6. The second kappa shape index (κ2) is 6.27. The van der Waals surface area contributed by atoms with Crippen LogP contribution in [0.3, 0.4) is 0 Å². The summed E-state index contributed by atoms with van der Waals surface area (Å²) in [5.41, 5.74) is -0.252. The minimum absolute atomic E-state index is 0.215. The molecule has 0 saturated heterocycles. The second-order valence-corrected chi connectivity index (χ2v) is 6.14. The van der Waals surface area contributed by atoms with Gasteiger partial charge in [0.05, 0.1) is 6.20 Å². The van der Waals surface area contributed by atoms with Crippen molar-refractivity contribution in [2.75, 3.05) is 0 Å². The Morgan fingerprint density at radius 3 is 2.77 bits per heavy atom. The molecular weight excluding hydrogens is 304 g/mol. The van der Waals surface area contributed by atoms with Gasteiger partial charge in [0.2, 0.25) is 0 Å². The quantitative estimate of drug-likeness (QED) is 0.847. The average molecular weight is 322 g/mol. The van der Waals surface area contributed by atoms with Crippen molar-refractivity contribution < 1.29 is 14.7 Å². The molecule has 8 heteroatoms. The van der Waals surface area contributed by atoms with Gasteiger partial charge in [-0.2, -0.15) is 5.10 Å². The minimum Gasteiger partial charge on any atom is -0.480 e. The van der Waals surface area contributed by atoms with Crippen molar-refractivity contribution in [1.82, 2.24) is 20.1 Å². The summed E-state index contributed by atoms with van der Waals surface area (Å²) in [6.07, 6.45) is 4.48. The Kier molecular flexibility index (Phi) is 4.60. The lowest BCUT2D eigenvalue weighted by Gasteiger charge is -2.25. The van der Waals surface area contributed by atoms with Gasteiger partial charge in [-0.15, -0.1) is 11.3 Å². The third-order valence-corrected chi connectivity index (χ3v) is 4.19. The maximum absolute atomic E-state index is 12.2. The Hall–Kier alpha value is -2.22. The molecule has 2 aromatic rings. The number of aryl methyl sites for hydroxylation is 1. The van der Waals surface area contributed by atoms with Crippen molar-refractivity contribution in [3.8, 4) is 10.6 Å². The number of thiazole rings is 1. The van der Waals surface area contributed by atoms with Crippen molar-refractivity contribution in [2.45, 2.75) is 32.2 Å². The Bertz CT molecular complexity index is 694. The first-order chi connectivity index (χ1) is 10.4. The molecule has 0 bridgehead atoms. The van der Waals surface area contributed by atoms with Crippen LogP contribution in [0.5, 0.6) is 0 Å². The van der Waals surface area contributed by atoms with E-state index in [1.807, 2.05) is 6.92 Å². The molecule has 22 heavy (non-hydrogen) atoms. The molecule has 1 atom stereocenters. The van der Waals surface area contributed by atoms with Crippen LogP contribution >= 0.6 is 11.3 Å².